The normalized spacial score (nSPS) is 21.1. The molecule has 1 fully saturated rings. The van der Waals surface area contributed by atoms with E-state index in [2.05, 4.69) is 4.98 Å². The van der Waals surface area contributed by atoms with E-state index in [1.807, 2.05) is 0 Å². The lowest BCUT2D eigenvalue weighted by atomic mass is 10.1. The van der Waals surface area contributed by atoms with Crippen molar-refractivity contribution in [2.24, 2.45) is 0 Å². The van der Waals surface area contributed by atoms with Crippen LogP contribution in [0.15, 0.2) is 6.07 Å². The lowest BCUT2D eigenvalue weighted by Crippen LogP contribution is -2.29. The van der Waals surface area contributed by atoms with Gasteiger partial charge in [0.2, 0.25) is 5.92 Å². The standard InChI is InChI=1S/C15H18F2N2O3/c16-15(17)3-1-5-19(6-4-15)13-11(14(20)21)8-10-9-22-7-2-12(10)18-13/h8H,1-7,9H2,(H,20,21). The first kappa shape index (κ1) is 15.1. The van der Waals surface area contributed by atoms with E-state index in [1.54, 1.807) is 11.0 Å². The van der Waals surface area contributed by atoms with Gasteiger partial charge in [-0.25, -0.2) is 18.6 Å². The Balaban J connectivity index is 1.96. The highest BCUT2D eigenvalue weighted by Gasteiger charge is 2.33. The van der Waals surface area contributed by atoms with E-state index >= 15 is 0 Å². The van der Waals surface area contributed by atoms with E-state index in [0.29, 0.717) is 38.4 Å². The van der Waals surface area contributed by atoms with E-state index in [1.165, 1.54) is 0 Å². The number of aromatic nitrogens is 1. The first-order valence-corrected chi connectivity index (χ1v) is 7.43. The number of alkyl halides is 2. The van der Waals surface area contributed by atoms with Crippen molar-refractivity contribution in [2.75, 3.05) is 24.6 Å². The zero-order chi connectivity index (χ0) is 15.7. The number of carbonyl (C=O) groups is 1. The second-order valence-electron chi connectivity index (χ2n) is 5.77. The molecule has 0 amide bonds. The highest BCUT2D eigenvalue weighted by molar-refractivity contribution is 5.93. The van der Waals surface area contributed by atoms with Gasteiger partial charge in [-0.05, 0) is 12.5 Å². The van der Waals surface area contributed by atoms with Crippen molar-refractivity contribution in [1.29, 1.82) is 0 Å². The van der Waals surface area contributed by atoms with Crippen molar-refractivity contribution in [3.63, 3.8) is 0 Å². The number of aromatic carboxylic acids is 1. The molecule has 2 aliphatic rings. The minimum atomic E-state index is -2.68. The maximum Gasteiger partial charge on any atom is 0.339 e. The molecule has 0 aromatic carbocycles. The van der Waals surface area contributed by atoms with Gasteiger partial charge in [-0.3, -0.25) is 0 Å². The largest absolute Gasteiger partial charge is 0.478 e. The number of rotatable bonds is 2. The Morgan fingerprint density at radius 2 is 2.18 bits per heavy atom. The summed E-state index contributed by atoms with van der Waals surface area (Å²) >= 11 is 0. The van der Waals surface area contributed by atoms with Crippen LogP contribution in [0, 0.1) is 0 Å². The summed E-state index contributed by atoms with van der Waals surface area (Å²) in [5, 5.41) is 9.42. The summed E-state index contributed by atoms with van der Waals surface area (Å²) < 4.78 is 32.3. The quantitative estimate of drug-likeness (QED) is 0.909. The lowest BCUT2D eigenvalue weighted by molar-refractivity contribution is -0.0102. The minimum absolute atomic E-state index is 0.0643. The summed E-state index contributed by atoms with van der Waals surface area (Å²) in [6.07, 6.45) is 0.513. The van der Waals surface area contributed by atoms with E-state index in [4.69, 9.17) is 4.74 Å². The molecule has 7 heteroatoms. The summed E-state index contributed by atoms with van der Waals surface area (Å²) in [5.74, 6) is -3.46. The highest BCUT2D eigenvalue weighted by Crippen LogP contribution is 2.31. The Hall–Kier alpha value is -1.76. The molecule has 0 bridgehead atoms. The molecular formula is C15H18F2N2O3. The fourth-order valence-electron chi connectivity index (χ4n) is 2.95. The third-order valence-corrected chi connectivity index (χ3v) is 4.16. The van der Waals surface area contributed by atoms with Crippen LogP contribution in [-0.2, 0) is 17.8 Å². The third-order valence-electron chi connectivity index (χ3n) is 4.16. The zero-order valence-corrected chi connectivity index (χ0v) is 12.1. The Kier molecular flexibility index (Phi) is 3.99. The predicted octanol–water partition coefficient (Wildman–Crippen LogP) is 2.48. The first-order chi connectivity index (χ1) is 10.5. The van der Waals surface area contributed by atoms with Crippen molar-refractivity contribution in [1.82, 2.24) is 4.98 Å². The molecule has 0 aliphatic carbocycles. The summed E-state index contributed by atoms with van der Waals surface area (Å²) in [5.41, 5.74) is 1.64. The number of carboxylic acid groups (broad SMARTS) is 1. The number of hydrogen-bond donors (Lipinski definition) is 1. The van der Waals surface area contributed by atoms with E-state index in [9.17, 15) is 18.7 Å². The van der Waals surface area contributed by atoms with Gasteiger partial charge in [0.1, 0.15) is 11.4 Å². The van der Waals surface area contributed by atoms with Crippen molar-refractivity contribution >= 4 is 11.8 Å². The van der Waals surface area contributed by atoms with Gasteiger partial charge >= 0.3 is 5.97 Å². The van der Waals surface area contributed by atoms with Crippen LogP contribution < -0.4 is 4.90 Å². The molecule has 120 valence electrons. The van der Waals surface area contributed by atoms with Crippen LogP contribution in [0.2, 0.25) is 0 Å². The molecule has 0 spiro atoms. The Morgan fingerprint density at radius 3 is 2.95 bits per heavy atom. The molecule has 0 atom stereocenters. The summed E-state index contributed by atoms with van der Waals surface area (Å²) in [6, 6.07) is 1.57. The van der Waals surface area contributed by atoms with Crippen LogP contribution in [0.5, 0.6) is 0 Å². The first-order valence-electron chi connectivity index (χ1n) is 7.43. The van der Waals surface area contributed by atoms with Gasteiger partial charge in [0.05, 0.1) is 18.9 Å². The minimum Gasteiger partial charge on any atom is -0.478 e. The molecule has 0 saturated carbocycles. The molecule has 1 saturated heterocycles. The summed E-state index contributed by atoms with van der Waals surface area (Å²) in [7, 11) is 0. The van der Waals surface area contributed by atoms with Crippen LogP contribution in [0.3, 0.4) is 0 Å². The predicted molar refractivity (Wildman–Crippen MR) is 75.6 cm³/mol. The van der Waals surface area contributed by atoms with Crippen LogP contribution in [0.1, 0.15) is 40.9 Å². The number of nitrogens with zero attached hydrogens (tertiary/aromatic N) is 2. The topological polar surface area (TPSA) is 62.7 Å². The van der Waals surface area contributed by atoms with Crippen LogP contribution in [-0.4, -0.2) is 41.7 Å². The van der Waals surface area contributed by atoms with Gasteiger partial charge in [0, 0.05) is 37.9 Å². The van der Waals surface area contributed by atoms with Crippen LogP contribution in [0.4, 0.5) is 14.6 Å². The molecule has 2 aliphatic heterocycles. The molecule has 0 radical (unpaired) electrons. The van der Waals surface area contributed by atoms with E-state index in [-0.39, 0.29) is 24.9 Å². The molecule has 1 N–H and O–H groups in total. The molecule has 5 nitrogen and oxygen atoms in total. The number of ether oxygens (including phenoxy) is 1. The van der Waals surface area contributed by atoms with Crippen molar-refractivity contribution in [3.8, 4) is 0 Å². The maximum absolute atomic E-state index is 13.5. The number of fused-ring (bicyclic) bond motifs is 1. The van der Waals surface area contributed by atoms with E-state index in [0.717, 1.165) is 11.3 Å². The molecule has 3 heterocycles. The Labute approximate surface area is 126 Å². The summed E-state index contributed by atoms with van der Waals surface area (Å²) in [6.45, 7) is 1.42. The van der Waals surface area contributed by atoms with Gasteiger partial charge in [0.15, 0.2) is 0 Å². The van der Waals surface area contributed by atoms with Crippen molar-refractivity contribution in [3.05, 3.63) is 22.9 Å². The number of halogens is 2. The Bertz CT molecular complexity index is 592. The van der Waals surface area contributed by atoms with Gasteiger partial charge in [-0.2, -0.15) is 0 Å². The lowest BCUT2D eigenvalue weighted by Gasteiger charge is -2.26. The van der Waals surface area contributed by atoms with E-state index < -0.39 is 11.9 Å². The van der Waals surface area contributed by atoms with Crippen molar-refractivity contribution < 1.29 is 23.4 Å². The highest BCUT2D eigenvalue weighted by atomic mass is 19.3. The van der Waals surface area contributed by atoms with Crippen molar-refractivity contribution in [2.45, 2.75) is 38.2 Å². The van der Waals surface area contributed by atoms with Gasteiger partial charge in [-0.15, -0.1) is 0 Å². The SMILES string of the molecule is O=C(O)c1cc2c(nc1N1CCCC(F)(F)CC1)CCOC2. The number of hydrogen-bond acceptors (Lipinski definition) is 4. The number of carboxylic acids is 1. The molecule has 1 aromatic rings. The molecule has 22 heavy (non-hydrogen) atoms. The maximum atomic E-state index is 13.5. The fraction of sp³-hybridized carbons (Fsp3) is 0.600. The van der Waals surface area contributed by atoms with Gasteiger partial charge < -0.3 is 14.7 Å². The average molecular weight is 312 g/mol. The molecule has 3 rings (SSSR count). The van der Waals surface area contributed by atoms with Crippen LogP contribution in [0.25, 0.3) is 0 Å². The Morgan fingerprint density at radius 1 is 1.36 bits per heavy atom. The second kappa shape index (κ2) is 5.79. The smallest absolute Gasteiger partial charge is 0.339 e. The fourth-order valence-corrected chi connectivity index (χ4v) is 2.95. The number of pyridine rings is 1. The second-order valence-corrected chi connectivity index (χ2v) is 5.77. The number of anilines is 1. The molecule has 0 unspecified atom stereocenters. The summed E-state index contributed by atoms with van der Waals surface area (Å²) in [4.78, 5) is 17.7. The van der Waals surface area contributed by atoms with Gasteiger partial charge in [0.25, 0.3) is 0 Å². The molecular weight excluding hydrogens is 294 g/mol. The zero-order valence-electron chi connectivity index (χ0n) is 12.1. The monoisotopic (exact) mass is 312 g/mol. The van der Waals surface area contributed by atoms with Gasteiger partial charge in [-0.1, -0.05) is 0 Å². The third kappa shape index (κ3) is 3.04. The molecule has 1 aromatic heterocycles. The average Bonchev–Trinajstić information content (AvgIpc) is 2.66. The van der Waals surface area contributed by atoms with Crippen LogP contribution >= 0.6 is 0 Å².